The number of aliphatic hydroxyl groups is 1. The van der Waals surface area contributed by atoms with Gasteiger partial charge in [-0.25, -0.2) is 9.37 Å². The molecular formula is C33H27ClF4N4O5. The summed E-state index contributed by atoms with van der Waals surface area (Å²) in [6, 6.07) is 10.1. The fraction of sp³-hybridized carbons (Fsp3) is 0.333. The highest BCUT2D eigenvalue weighted by molar-refractivity contribution is 6.31. The first-order valence-corrected chi connectivity index (χ1v) is 15.3. The number of pyridine rings is 2. The average molecular weight is 671 g/mol. The predicted molar refractivity (Wildman–Crippen MR) is 161 cm³/mol. The van der Waals surface area contributed by atoms with Crippen molar-refractivity contribution < 1.29 is 41.7 Å². The van der Waals surface area contributed by atoms with Gasteiger partial charge in [0.25, 0.3) is 5.91 Å². The zero-order valence-corrected chi connectivity index (χ0v) is 25.3. The minimum Gasteiger partial charge on any atom is -0.489 e. The number of nitrogens with one attached hydrogen (secondary N) is 1. The van der Waals surface area contributed by atoms with Gasteiger partial charge >= 0.3 is 6.18 Å². The third-order valence-electron chi connectivity index (χ3n) is 8.92. The van der Waals surface area contributed by atoms with E-state index in [1.54, 1.807) is 6.07 Å². The van der Waals surface area contributed by atoms with Crippen LogP contribution in [0.1, 0.15) is 47.3 Å². The van der Waals surface area contributed by atoms with Gasteiger partial charge < -0.3 is 25.6 Å². The number of alkyl halides is 3. The molecule has 4 N–H and O–H groups in total. The van der Waals surface area contributed by atoms with Crippen LogP contribution in [0.3, 0.4) is 0 Å². The molecule has 1 aliphatic heterocycles. The lowest BCUT2D eigenvalue weighted by Crippen LogP contribution is -2.52. The number of amides is 2. The standard InChI is InChI=1S/C33H27ClF4N4O5/c34-20-10-17-9-18(11-24(26(17)40-13-20)47-22-7-8-22)29(43)41-14-32(45,33(36,37)38)25-12-23-28(27(42-25)16-1-5-21(35)6-2-16)46-15-31(23,30(39)44)19-3-4-19/h1-2,5-6,9-13,19,22,45H,3-4,7-8,14-15H2,(H2,39,44)(H,41,43)/t31-,32?/m1/s1. The molecule has 244 valence electrons. The van der Waals surface area contributed by atoms with Gasteiger partial charge in [0.05, 0.1) is 23.4 Å². The molecule has 2 amide bonds. The Labute approximate surface area is 270 Å². The second-order valence-corrected chi connectivity index (χ2v) is 12.6. The summed E-state index contributed by atoms with van der Waals surface area (Å²) in [6.45, 7) is -1.57. The molecular weight excluding hydrogens is 644 g/mol. The van der Waals surface area contributed by atoms with Gasteiger partial charge in [-0.05, 0) is 80.1 Å². The van der Waals surface area contributed by atoms with Gasteiger partial charge in [0, 0.05) is 28.3 Å². The molecule has 14 heteroatoms. The molecule has 0 saturated heterocycles. The number of hydrogen-bond acceptors (Lipinski definition) is 7. The molecule has 0 radical (unpaired) electrons. The number of aromatic nitrogens is 2. The second kappa shape index (κ2) is 11.1. The van der Waals surface area contributed by atoms with Crippen LogP contribution in [0.5, 0.6) is 11.5 Å². The summed E-state index contributed by atoms with van der Waals surface area (Å²) in [5.74, 6) is -2.34. The summed E-state index contributed by atoms with van der Waals surface area (Å²) in [4.78, 5) is 34.8. The second-order valence-electron chi connectivity index (χ2n) is 12.2. The van der Waals surface area contributed by atoms with Crippen LogP contribution in [0.4, 0.5) is 17.6 Å². The number of hydrogen-bond donors (Lipinski definition) is 3. The number of nitrogens with zero attached hydrogens (tertiary/aromatic N) is 2. The first-order valence-electron chi connectivity index (χ1n) is 14.9. The van der Waals surface area contributed by atoms with Crippen LogP contribution in [0.25, 0.3) is 22.2 Å². The van der Waals surface area contributed by atoms with Crippen molar-refractivity contribution in [2.45, 2.75) is 49.0 Å². The van der Waals surface area contributed by atoms with E-state index in [9.17, 15) is 32.3 Å². The highest BCUT2D eigenvalue weighted by Crippen LogP contribution is 2.56. The van der Waals surface area contributed by atoms with Crippen molar-refractivity contribution in [1.29, 1.82) is 0 Å². The van der Waals surface area contributed by atoms with Gasteiger partial charge in [0.1, 0.15) is 40.5 Å². The van der Waals surface area contributed by atoms with E-state index in [2.05, 4.69) is 15.3 Å². The maximum Gasteiger partial charge on any atom is 0.424 e. The Hall–Kier alpha value is -4.49. The fourth-order valence-electron chi connectivity index (χ4n) is 6.03. The van der Waals surface area contributed by atoms with Crippen LogP contribution in [0.2, 0.25) is 5.02 Å². The molecule has 9 nitrogen and oxygen atoms in total. The Morgan fingerprint density at radius 3 is 2.47 bits per heavy atom. The van der Waals surface area contributed by atoms with Crippen molar-refractivity contribution in [2.24, 2.45) is 11.7 Å². The van der Waals surface area contributed by atoms with Crippen LogP contribution < -0.4 is 20.5 Å². The number of benzene rings is 2. The first kappa shape index (κ1) is 31.1. The van der Waals surface area contributed by atoms with Gasteiger partial charge in [0.15, 0.2) is 0 Å². The Morgan fingerprint density at radius 2 is 1.83 bits per heavy atom. The van der Waals surface area contributed by atoms with E-state index in [-0.39, 0.29) is 57.5 Å². The normalized spacial score (nSPS) is 20.3. The molecule has 2 fully saturated rings. The van der Waals surface area contributed by atoms with Crippen molar-refractivity contribution in [3.05, 3.63) is 82.4 Å². The van der Waals surface area contributed by atoms with Gasteiger partial charge in [0.2, 0.25) is 11.5 Å². The molecule has 2 saturated carbocycles. The quantitative estimate of drug-likeness (QED) is 0.205. The smallest absolute Gasteiger partial charge is 0.424 e. The summed E-state index contributed by atoms with van der Waals surface area (Å²) in [5, 5.41) is 14.4. The Balaban J connectivity index is 1.30. The van der Waals surface area contributed by atoms with E-state index in [1.165, 1.54) is 30.5 Å². The van der Waals surface area contributed by atoms with Crippen LogP contribution in [0.15, 0.2) is 54.7 Å². The number of nitrogens with two attached hydrogens (primary N) is 1. The molecule has 3 heterocycles. The molecule has 2 aromatic carbocycles. The van der Waals surface area contributed by atoms with Gasteiger partial charge in [-0.15, -0.1) is 0 Å². The molecule has 7 rings (SSSR count). The lowest BCUT2D eigenvalue weighted by Gasteiger charge is -2.32. The monoisotopic (exact) mass is 670 g/mol. The molecule has 4 aromatic rings. The minimum absolute atomic E-state index is 0.0197. The minimum atomic E-state index is -5.36. The third kappa shape index (κ3) is 5.40. The molecule has 2 atom stereocenters. The van der Waals surface area contributed by atoms with Crippen molar-refractivity contribution in [1.82, 2.24) is 15.3 Å². The van der Waals surface area contributed by atoms with E-state index in [0.717, 1.165) is 31.0 Å². The van der Waals surface area contributed by atoms with Gasteiger partial charge in [-0.2, -0.15) is 13.2 Å². The Kier molecular flexibility index (Phi) is 7.32. The van der Waals surface area contributed by atoms with Crippen LogP contribution in [-0.2, 0) is 15.8 Å². The maximum absolute atomic E-state index is 14.9. The highest BCUT2D eigenvalue weighted by Gasteiger charge is 2.60. The number of ether oxygens (including phenoxy) is 2. The number of carbonyl (C=O) groups is 2. The average Bonchev–Trinajstić information content (AvgIpc) is 3.97. The molecule has 2 aliphatic carbocycles. The van der Waals surface area contributed by atoms with E-state index in [0.29, 0.717) is 23.7 Å². The van der Waals surface area contributed by atoms with Crippen LogP contribution >= 0.6 is 11.6 Å². The summed E-state index contributed by atoms with van der Waals surface area (Å²) >= 11 is 6.10. The van der Waals surface area contributed by atoms with Crippen molar-refractivity contribution >= 4 is 34.3 Å². The number of fused-ring (bicyclic) bond motifs is 2. The van der Waals surface area contributed by atoms with Crippen molar-refractivity contribution in [3.63, 3.8) is 0 Å². The predicted octanol–water partition coefficient (Wildman–Crippen LogP) is 5.34. The van der Waals surface area contributed by atoms with Crippen molar-refractivity contribution in [2.75, 3.05) is 13.2 Å². The summed E-state index contributed by atoms with van der Waals surface area (Å²) < 4.78 is 70.3. The summed E-state index contributed by atoms with van der Waals surface area (Å²) in [5.41, 5.74) is 0.212. The van der Waals surface area contributed by atoms with E-state index in [1.807, 2.05) is 0 Å². The topological polar surface area (TPSA) is 137 Å². The number of carbonyl (C=O) groups excluding carboxylic acids is 2. The molecule has 3 aliphatic rings. The molecule has 0 bridgehead atoms. The number of primary amides is 1. The van der Waals surface area contributed by atoms with Crippen LogP contribution in [-0.4, -0.2) is 52.3 Å². The number of halogens is 5. The first-order chi connectivity index (χ1) is 22.3. The van der Waals surface area contributed by atoms with E-state index >= 15 is 0 Å². The van der Waals surface area contributed by atoms with Crippen LogP contribution in [0, 0.1) is 11.7 Å². The van der Waals surface area contributed by atoms with Crippen molar-refractivity contribution in [3.8, 4) is 22.8 Å². The largest absolute Gasteiger partial charge is 0.489 e. The Bertz CT molecular complexity index is 1930. The summed E-state index contributed by atoms with van der Waals surface area (Å²) in [7, 11) is 0. The van der Waals surface area contributed by atoms with E-state index < -0.39 is 47.1 Å². The molecule has 0 spiro atoms. The molecule has 47 heavy (non-hydrogen) atoms. The Morgan fingerprint density at radius 1 is 1.11 bits per heavy atom. The lowest BCUT2D eigenvalue weighted by molar-refractivity contribution is -0.265. The van der Waals surface area contributed by atoms with E-state index in [4.69, 9.17) is 26.8 Å². The molecule has 1 unspecified atom stereocenters. The highest BCUT2D eigenvalue weighted by atomic mass is 35.5. The van der Waals surface area contributed by atoms with Gasteiger partial charge in [-0.1, -0.05) is 11.6 Å². The fourth-order valence-corrected chi connectivity index (χ4v) is 6.20. The number of rotatable bonds is 9. The summed E-state index contributed by atoms with van der Waals surface area (Å²) in [6.07, 6.45) is -1.23. The maximum atomic E-state index is 14.9. The lowest BCUT2D eigenvalue weighted by atomic mass is 9.76. The third-order valence-corrected chi connectivity index (χ3v) is 9.13. The zero-order valence-electron chi connectivity index (χ0n) is 24.5. The van der Waals surface area contributed by atoms with Gasteiger partial charge in [-0.3, -0.25) is 14.6 Å². The molecule has 2 aromatic heterocycles. The zero-order chi connectivity index (χ0) is 33.3. The SMILES string of the molecule is NC(=O)[C@@]1(C2CC2)COc2c1cc(C(O)(CNC(=O)c1cc(OC3CC3)c3ncc(Cl)cc3c1)C(F)(F)F)nc2-c1ccc(F)cc1.